The van der Waals surface area contributed by atoms with Crippen molar-refractivity contribution in [3.63, 3.8) is 0 Å². The molecular formula is C21H33N5O. The van der Waals surface area contributed by atoms with Gasteiger partial charge >= 0.3 is 6.03 Å². The molecule has 27 heavy (non-hydrogen) atoms. The summed E-state index contributed by atoms with van der Waals surface area (Å²) < 4.78 is 0. The smallest absolute Gasteiger partial charge is 0.317 e. The number of amides is 2. The topological polar surface area (TPSA) is 50.9 Å². The number of piperidine rings is 1. The molecule has 1 aromatic rings. The second-order valence-electron chi connectivity index (χ2n) is 8.16. The van der Waals surface area contributed by atoms with E-state index in [1.165, 1.54) is 12.0 Å². The zero-order chi connectivity index (χ0) is 18.5. The van der Waals surface area contributed by atoms with E-state index in [0.29, 0.717) is 12.1 Å². The minimum atomic E-state index is 0.140. The Morgan fingerprint density at radius 1 is 1.00 bits per heavy atom. The van der Waals surface area contributed by atoms with Gasteiger partial charge in [-0.2, -0.15) is 0 Å². The number of hydrogen-bond acceptors (Lipinski definition) is 4. The molecule has 6 nitrogen and oxygen atoms in total. The van der Waals surface area contributed by atoms with E-state index in [0.717, 1.165) is 71.7 Å². The van der Waals surface area contributed by atoms with Crippen LogP contribution in [-0.4, -0.2) is 85.2 Å². The van der Waals surface area contributed by atoms with Crippen molar-refractivity contribution in [3.05, 3.63) is 35.9 Å². The first-order chi connectivity index (χ1) is 13.3. The number of benzene rings is 1. The van der Waals surface area contributed by atoms with Crippen molar-refractivity contribution < 1.29 is 4.79 Å². The Hall–Kier alpha value is -1.63. The lowest BCUT2D eigenvalue weighted by Crippen LogP contribution is -2.56. The highest BCUT2D eigenvalue weighted by Crippen LogP contribution is 2.15. The van der Waals surface area contributed by atoms with Crippen LogP contribution in [-0.2, 0) is 6.54 Å². The van der Waals surface area contributed by atoms with Crippen molar-refractivity contribution in [3.8, 4) is 0 Å². The number of nitrogens with one attached hydrogen (secondary N) is 2. The molecule has 0 spiro atoms. The van der Waals surface area contributed by atoms with Gasteiger partial charge in [0.1, 0.15) is 0 Å². The maximum absolute atomic E-state index is 12.6. The van der Waals surface area contributed by atoms with Crippen LogP contribution in [0.25, 0.3) is 0 Å². The third-order valence-corrected chi connectivity index (χ3v) is 6.32. The minimum absolute atomic E-state index is 0.140. The Bertz CT molecular complexity index is 588. The molecule has 3 fully saturated rings. The van der Waals surface area contributed by atoms with Crippen molar-refractivity contribution >= 4 is 6.03 Å². The quantitative estimate of drug-likeness (QED) is 0.839. The highest BCUT2D eigenvalue weighted by Gasteiger charge is 2.29. The average Bonchev–Trinajstić information content (AvgIpc) is 3.25. The zero-order valence-corrected chi connectivity index (χ0v) is 16.3. The molecule has 3 aliphatic heterocycles. The first kappa shape index (κ1) is 18.7. The standard InChI is InChI=1S/C21H33N5O/c27-21(26-14-12-25(13-15-26)20-6-9-22-16-20)23-19-7-10-24(11-8-19)17-18-4-2-1-3-5-18/h1-5,19-20,22H,6-17H2,(H,23,27)/t20-/m0/s1. The van der Waals surface area contributed by atoms with E-state index >= 15 is 0 Å². The van der Waals surface area contributed by atoms with Crippen molar-refractivity contribution in [2.24, 2.45) is 0 Å². The van der Waals surface area contributed by atoms with Gasteiger partial charge in [-0.15, -0.1) is 0 Å². The van der Waals surface area contributed by atoms with Crippen molar-refractivity contribution in [1.82, 2.24) is 25.3 Å². The summed E-state index contributed by atoms with van der Waals surface area (Å²) in [7, 11) is 0. The van der Waals surface area contributed by atoms with Crippen LogP contribution in [0.3, 0.4) is 0 Å². The summed E-state index contributed by atoms with van der Waals surface area (Å²) in [6.07, 6.45) is 3.34. The Kier molecular flexibility index (Phi) is 6.27. The molecule has 6 heteroatoms. The molecule has 0 aromatic heterocycles. The first-order valence-corrected chi connectivity index (χ1v) is 10.5. The number of rotatable bonds is 4. The molecule has 1 atom stereocenters. The van der Waals surface area contributed by atoms with Crippen LogP contribution in [0.1, 0.15) is 24.8 Å². The molecule has 4 rings (SSSR count). The van der Waals surface area contributed by atoms with Gasteiger partial charge in [-0.3, -0.25) is 9.80 Å². The summed E-state index contributed by atoms with van der Waals surface area (Å²) in [6, 6.07) is 11.8. The second kappa shape index (κ2) is 9.04. The van der Waals surface area contributed by atoms with Gasteiger partial charge in [0.2, 0.25) is 0 Å². The van der Waals surface area contributed by atoms with Gasteiger partial charge in [-0.25, -0.2) is 4.79 Å². The van der Waals surface area contributed by atoms with E-state index < -0.39 is 0 Å². The van der Waals surface area contributed by atoms with Crippen LogP contribution in [0.15, 0.2) is 30.3 Å². The summed E-state index contributed by atoms with van der Waals surface area (Å²) in [5.41, 5.74) is 1.37. The Morgan fingerprint density at radius 2 is 1.74 bits per heavy atom. The third kappa shape index (κ3) is 5.00. The number of likely N-dealkylation sites (tertiary alicyclic amines) is 1. The number of nitrogens with zero attached hydrogens (tertiary/aromatic N) is 3. The molecule has 0 aliphatic carbocycles. The van der Waals surface area contributed by atoms with Crippen LogP contribution in [0, 0.1) is 0 Å². The van der Waals surface area contributed by atoms with Crippen molar-refractivity contribution in [2.75, 3.05) is 52.4 Å². The predicted molar refractivity (Wildman–Crippen MR) is 108 cm³/mol. The van der Waals surface area contributed by atoms with Crippen LogP contribution in [0.2, 0.25) is 0 Å². The van der Waals surface area contributed by atoms with E-state index in [-0.39, 0.29) is 6.03 Å². The van der Waals surface area contributed by atoms with Gasteiger partial charge in [-0.1, -0.05) is 30.3 Å². The van der Waals surface area contributed by atoms with Gasteiger partial charge in [0.25, 0.3) is 0 Å². The minimum Gasteiger partial charge on any atom is -0.335 e. The summed E-state index contributed by atoms with van der Waals surface area (Å²) in [6.45, 7) is 9.10. The molecule has 1 aromatic carbocycles. The highest BCUT2D eigenvalue weighted by atomic mass is 16.2. The van der Waals surface area contributed by atoms with Gasteiger partial charge in [-0.05, 0) is 31.4 Å². The largest absolute Gasteiger partial charge is 0.335 e. The average molecular weight is 372 g/mol. The fourth-order valence-electron chi connectivity index (χ4n) is 4.58. The van der Waals surface area contributed by atoms with E-state index in [1.54, 1.807) is 0 Å². The van der Waals surface area contributed by atoms with E-state index in [2.05, 4.69) is 50.8 Å². The molecule has 148 valence electrons. The number of carbonyl (C=O) groups excluding carboxylic acids is 1. The summed E-state index contributed by atoms with van der Waals surface area (Å²) in [4.78, 5) is 19.7. The third-order valence-electron chi connectivity index (χ3n) is 6.32. The Morgan fingerprint density at radius 3 is 2.41 bits per heavy atom. The molecule has 2 amide bonds. The fraction of sp³-hybridized carbons (Fsp3) is 0.667. The van der Waals surface area contributed by atoms with Gasteiger partial charge in [0, 0.05) is 64.4 Å². The number of urea groups is 1. The van der Waals surface area contributed by atoms with Gasteiger partial charge in [0.15, 0.2) is 0 Å². The van der Waals surface area contributed by atoms with E-state index in [4.69, 9.17) is 0 Å². The SMILES string of the molecule is O=C(NC1CCN(Cc2ccccc2)CC1)N1CCN([C@H]2CCNC2)CC1. The summed E-state index contributed by atoms with van der Waals surface area (Å²) >= 11 is 0. The molecule has 0 unspecified atom stereocenters. The lowest BCUT2D eigenvalue weighted by Gasteiger charge is -2.39. The number of hydrogen-bond donors (Lipinski definition) is 2. The predicted octanol–water partition coefficient (Wildman–Crippen LogP) is 1.34. The molecule has 0 saturated carbocycles. The maximum atomic E-state index is 12.6. The second-order valence-corrected chi connectivity index (χ2v) is 8.16. The van der Waals surface area contributed by atoms with Crippen LogP contribution in [0.4, 0.5) is 4.79 Å². The summed E-state index contributed by atoms with van der Waals surface area (Å²) in [5, 5.41) is 6.72. The van der Waals surface area contributed by atoms with Crippen LogP contribution < -0.4 is 10.6 Å². The highest BCUT2D eigenvalue weighted by molar-refractivity contribution is 5.74. The Balaban J connectivity index is 1.16. The maximum Gasteiger partial charge on any atom is 0.317 e. The molecule has 0 radical (unpaired) electrons. The molecule has 3 saturated heterocycles. The molecule has 3 aliphatic rings. The monoisotopic (exact) mass is 371 g/mol. The first-order valence-electron chi connectivity index (χ1n) is 10.5. The fourth-order valence-corrected chi connectivity index (χ4v) is 4.58. The van der Waals surface area contributed by atoms with Gasteiger partial charge < -0.3 is 15.5 Å². The van der Waals surface area contributed by atoms with Crippen molar-refractivity contribution in [1.29, 1.82) is 0 Å². The molecular weight excluding hydrogens is 338 g/mol. The lowest BCUT2D eigenvalue weighted by molar-refractivity contribution is 0.109. The zero-order valence-electron chi connectivity index (χ0n) is 16.3. The molecule has 3 heterocycles. The van der Waals surface area contributed by atoms with Crippen molar-refractivity contribution in [2.45, 2.75) is 37.9 Å². The van der Waals surface area contributed by atoms with Crippen LogP contribution in [0.5, 0.6) is 0 Å². The van der Waals surface area contributed by atoms with Crippen LogP contribution >= 0.6 is 0 Å². The lowest BCUT2D eigenvalue weighted by atomic mass is 10.0. The number of carbonyl (C=O) groups is 1. The Labute approximate surface area is 162 Å². The van der Waals surface area contributed by atoms with E-state index in [1.807, 2.05) is 4.90 Å². The number of piperazine rings is 1. The summed E-state index contributed by atoms with van der Waals surface area (Å²) in [5.74, 6) is 0. The molecule has 0 bridgehead atoms. The normalized spacial score (nSPS) is 25.6. The van der Waals surface area contributed by atoms with E-state index in [9.17, 15) is 4.79 Å². The molecule has 2 N–H and O–H groups in total. The van der Waals surface area contributed by atoms with Gasteiger partial charge in [0.05, 0.1) is 0 Å².